The zero-order valence-corrected chi connectivity index (χ0v) is 11.8. The maximum absolute atomic E-state index is 12.3. The van der Waals surface area contributed by atoms with E-state index in [9.17, 15) is 9.59 Å². The molecule has 1 aromatic heterocycles. The van der Waals surface area contributed by atoms with E-state index in [0.717, 1.165) is 16.7 Å². The molecule has 0 saturated carbocycles. The summed E-state index contributed by atoms with van der Waals surface area (Å²) in [6, 6.07) is 7.53. The first-order valence-corrected chi connectivity index (χ1v) is 6.59. The van der Waals surface area contributed by atoms with E-state index in [1.165, 1.54) is 10.6 Å². The molecule has 5 nitrogen and oxygen atoms in total. The fraction of sp³-hybridized carbons (Fsp3) is 0.333. The van der Waals surface area contributed by atoms with Gasteiger partial charge >= 0.3 is 5.69 Å². The molecule has 106 valence electrons. The van der Waals surface area contributed by atoms with Gasteiger partial charge in [0.25, 0.3) is 5.56 Å². The first-order valence-electron chi connectivity index (χ1n) is 6.59. The quantitative estimate of drug-likeness (QED) is 0.888. The number of hydrogen-bond acceptors (Lipinski definition) is 3. The van der Waals surface area contributed by atoms with Crippen LogP contribution in [-0.4, -0.2) is 15.7 Å². The van der Waals surface area contributed by atoms with Crippen molar-refractivity contribution in [2.75, 3.05) is 6.54 Å². The number of nitrogens with two attached hydrogens (primary N) is 1. The summed E-state index contributed by atoms with van der Waals surface area (Å²) in [6.07, 6.45) is 1.54. The van der Waals surface area contributed by atoms with Crippen LogP contribution in [0.2, 0.25) is 0 Å². The fourth-order valence-electron chi connectivity index (χ4n) is 2.17. The molecule has 0 aliphatic rings. The highest BCUT2D eigenvalue weighted by atomic mass is 16.2. The smallest absolute Gasteiger partial charge is 0.329 e. The average molecular weight is 273 g/mol. The van der Waals surface area contributed by atoms with E-state index in [2.05, 4.69) is 6.07 Å². The van der Waals surface area contributed by atoms with Crippen molar-refractivity contribution in [2.45, 2.75) is 26.9 Å². The Bertz CT molecular complexity index is 729. The predicted octanol–water partition coefficient (Wildman–Crippen LogP) is 0.634. The standard InChI is InChI=1S/C15H19N3O2/c1-11-3-4-12(2)13(9-11)10-17-7-5-14(19)18(8-6-16)15(17)20/h3-5,7,9H,6,8,10,16H2,1-2H3. The van der Waals surface area contributed by atoms with Crippen molar-refractivity contribution in [1.82, 2.24) is 9.13 Å². The molecule has 2 aromatic rings. The minimum absolute atomic E-state index is 0.241. The molecule has 1 aromatic carbocycles. The molecule has 0 aliphatic carbocycles. The van der Waals surface area contributed by atoms with E-state index in [-0.39, 0.29) is 24.3 Å². The van der Waals surface area contributed by atoms with E-state index in [1.54, 1.807) is 10.8 Å². The number of aromatic nitrogens is 2. The highest BCUT2D eigenvalue weighted by Gasteiger charge is 2.06. The summed E-state index contributed by atoms with van der Waals surface area (Å²) in [5.74, 6) is 0. The van der Waals surface area contributed by atoms with Gasteiger partial charge in [0.2, 0.25) is 0 Å². The van der Waals surface area contributed by atoms with Gasteiger partial charge in [-0.15, -0.1) is 0 Å². The minimum atomic E-state index is -0.316. The zero-order valence-electron chi connectivity index (χ0n) is 11.8. The van der Waals surface area contributed by atoms with E-state index >= 15 is 0 Å². The maximum Gasteiger partial charge on any atom is 0.331 e. The van der Waals surface area contributed by atoms with Crippen LogP contribution in [0.25, 0.3) is 0 Å². The third kappa shape index (κ3) is 2.88. The van der Waals surface area contributed by atoms with Crippen molar-refractivity contribution in [3.8, 4) is 0 Å². The third-order valence-corrected chi connectivity index (χ3v) is 3.34. The summed E-state index contributed by atoms with van der Waals surface area (Å²) >= 11 is 0. The molecule has 0 fully saturated rings. The van der Waals surface area contributed by atoms with Crippen molar-refractivity contribution >= 4 is 0 Å². The van der Waals surface area contributed by atoms with Gasteiger partial charge < -0.3 is 5.73 Å². The predicted molar refractivity (Wildman–Crippen MR) is 79.0 cm³/mol. The van der Waals surface area contributed by atoms with Gasteiger partial charge in [0.1, 0.15) is 0 Å². The summed E-state index contributed by atoms with van der Waals surface area (Å²) in [5, 5.41) is 0. The van der Waals surface area contributed by atoms with Crippen molar-refractivity contribution in [3.05, 3.63) is 68.0 Å². The number of aryl methyl sites for hydroxylation is 2. The molecule has 20 heavy (non-hydrogen) atoms. The molecule has 1 heterocycles. The molecule has 0 saturated heterocycles. The van der Waals surface area contributed by atoms with Crippen LogP contribution in [0.15, 0.2) is 40.1 Å². The van der Waals surface area contributed by atoms with Crippen LogP contribution in [0.3, 0.4) is 0 Å². The lowest BCUT2D eigenvalue weighted by Gasteiger charge is -2.11. The molecular weight excluding hydrogens is 254 g/mol. The largest absolute Gasteiger partial charge is 0.331 e. The SMILES string of the molecule is Cc1ccc(C)c(Cn2ccc(=O)n(CCN)c2=O)c1. The van der Waals surface area contributed by atoms with Gasteiger partial charge in [0.15, 0.2) is 0 Å². The van der Waals surface area contributed by atoms with Gasteiger partial charge in [-0.3, -0.25) is 13.9 Å². The van der Waals surface area contributed by atoms with E-state index in [1.807, 2.05) is 26.0 Å². The van der Waals surface area contributed by atoms with Crippen molar-refractivity contribution in [2.24, 2.45) is 5.73 Å². The first kappa shape index (κ1) is 14.3. The van der Waals surface area contributed by atoms with Gasteiger partial charge in [-0.05, 0) is 25.0 Å². The summed E-state index contributed by atoms with van der Waals surface area (Å²) in [6.45, 7) is 4.99. The van der Waals surface area contributed by atoms with Crippen LogP contribution in [0.1, 0.15) is 16.7 Å². The summed E-state index contributed by atoms with van der Waals surface area (Å²) < 4.78 is 2.71. The van der Waals surface area contributed by atoms with Crippen LogP contribution in [0.4, 0.5) is 0 Å². The second kappa shape index (κ2) is 5.88. The molecule has 5 heteroatoms. The Morgan fingerprint density at radius 1 is 1.15 bits per heavy atom. The Hall–Kier alpha value is -2.14. The highest BCUT2D eigenvalue weighted by Crippen LogP contribution is 2.11. The van der Waals surface area contributed by atoms with Gasteiger partial charge in [-0.2, -0.15) is 0 Å². The zero-order chi connectivity index (χ0) is 14.7. The topological polar surface area (TPSA) is 70.0 Å². The monoisotopic (exact) mass is 273 g/mol. The van der Waals surface area contributed by atoms with Crippen molar-refractivity contribution in [1.29, 1.82) is 0 Å². The Labute approximate surface area is 117 Å². The minimum Gasteiger partial charge on any atom is -0.329 e. The highest BCUT2D eigenvalue weighted by molar-refractivity contribution is 5.30. The van der Waals surface area contributed by atoms with Crippen molar-refractivity contribution in [3.63, 3.8) is 0 Å². The number of hydrogen-bond donors (Lipinski definition) is 1. The molecule has 0 bridgehead atoms. The van der Waals surface area contributed by atoms with E-state index in [0.29, 0.717) is 6.54 Å². The summed E-state index contributed by atoms with van der Waals surface area (Å²) in [4.78, 5) is 23.9. The third-order valence-electron chi connectivity index (χ3n) is 3.34. The van der Waals surface area contributed by atoms with Crippen LogP contribution >= 0.6 is 0 Å². The lowest BCUT2D eigenvalue weighted by Crippen LogP contribution is -2.40. The number of nitrogens with zero attached hydrogens (tertiary/aromatic N) is 2. The maximum atomic E-state index is 12.3. The van der Waals surface area contributed by atoms with Crippen LogP contribution in [-0.2, 0) is 13.1 Å². The molecule has 2 N–H and O–H groups in total. The molecule has 0 atom stereocenters. The Morgan fingerprint density at radius 3 is 2.60 bits per heavy atom. The van der Waals surface area contributed by atoms with Crippen molar-refractivity contribution < 1.29 is 0 Å². The van der Waals surface area contributed by atoms with Crippen LogP contribution in [0, 0.1) is 13.8 Å². The van der Waals surface area contributed by atoms with Crippen LogP contribution in [0.5, 0.6) is 0 Å². The lowest BCUT2D eigenvalue weighted by atomic mass is 10.1. The molecular formula is C15H19N3O2. The average Bonchev–Trinajstić information content (AvgIpc) is 2.42. The Kier molecular flexibility index (Phi) is 4.20. The number of benzene rings is 1. The van der Waals surface area contributed by atoms with E-state index < -0.39 is 0 Å². The Balaban J connectivity index is 2.44. The fourth-order valence-corrected chi connectivity index (χ4v) is 2.17. The Morgan fingerprint density at radius 2 is 1.90 bits per heavy atom. The summed E-state index contributed by atoms with van der Waals surface area (Å²) in [7, 11) is 0. The first-order chi connectivity index (χ1) is 9.52. The molecule has 0 radical (unpaired) electrons. The molecule has 2 rings (SSSR count). The molecule has 0 aliphatic heterocycles. The normalized spacial score (nSPS) is 10.8. The molecule has 0 unspecified atom stereocenters. The van der Waals surface area contributed by atoms with Gasteiger partial charge in [-0.1, -0.05) is 23.8 Å². The second-order valence-electron chi connectivity index (χ2n) is 4.93. The van der Waals surface area contributed by atoms with Gasteiger partial charge in [0.05, 0.1) is 6.54 Å². The molecule has 0 amide bonds. The van der Waals surface area contributed by atoms with Gasteiger partial charge in [-0.25, -0.2) is 4.79 Å². The molecule has 0 spiro atoms. The second-order valence-corrected chi connectivity index (χ2v) is 4.93. The summed E-state index contributed by atoms with van der Waals surface area (Å²) in [5.41, 5.74) is 8.16. The van der Waals surface area contributed by atoms with Gasteiger partial charge in [0, 0.05) is 25.4 Å². The lowest BCUT2D eigenvalue weighted by molar-refractivity contribution is 0.579. The van der Waals surface area contributed by atoms with Crippen LogP contribution < -0.4 is 17.0 Å². The number of rotatable bonds is 4. The van der Waals surface area contributed by atoms with E-state index in [4.69, 9.17) is 5.73 Å².